The Morgan fingerprint density at radius 3 is 1.94 bits per heavy atom. The van der Waals surface area contributed by atoms with Crippen LogP contribution in [0.15, 0.2) is 0 Å². The first-order valence-corrected chi connectivity index (χ1v) is 6.23. The van der Waals surface area contributed by atoms with E-state index in [1.807, 2.05) is 6.92 Å². The van der Waals surface area contributed by atoms with E-state index in [4.69, 9.17) is 4.55 Å². The lowest BCUT2D eigenvalue weighted by atomic mass is 10.1. The molecule has 0 heterocycles. The Morgan fingerprint density at radius 2 is 1.56 bits per heavy atom. The third-order valence-corrected chi connectivity index (χ3v) is 3.04. The Balaban J connectivity index is 4.54. The summed E-state index contributed by atoms with van der Waals surface area (Å²) in [7, 11) is -6.09. The maximum Gasteiger partial charge on any atom is 0.431 e. The fourth-order valence-corrected chi connectivity index (χ4v) is 1.59. The van der Waals surface area contributed by atoms with Gasteiger partial charge in [-0.3, -0.25) is 4.55 Å². The lowest BCUT2D eigenvalue weighted by Gasteiger charge is -2.23. The van der Waals surface area contributed by atoms with Gasteiger partial charge in [0.15, 0.2) is 0 Å². The number of unbranched alkanes of at least 4 members (excludes halogenated alkanes) is 3. The summed E-state index contributed by atoms with van der Waals surface area (Å²) in [5.41, 5.74) is 0. The maximum absolute atomic E-state index is 12.8. The molecule has 0 unspecified atom stereocenters. The molecule has 98 valence electrons. The first-order valence-electron chi connectivity index (χ1n) is 4.79. The Bertz CT molecular complexity index is 313. The quantitative estimate of drug-likeness (QED) is 0.437. The van der Waals surface area contributed by atoms with Crippen LogP contribution in [0.4, 0.5) is 17.6 Å². The second kappa shape index (κ2) is 5.31. The normalized spacial score (nSPS) is 14.1. The maximum atomic E-state index is 12.8. The number of halogens is 4. The molecule has 0 amide bonds. The van der Waals surface area contributed by atoms with E-state index in [1.165, 1.54) is 0 Å². The van der Waals surface area contributed by atoms with Crippen molar-refractivity contribution in [2.45, 2.75) is 50.2 Å². The van der Waals surface area contributed by atoms with Crippen molar-refractivity contribution in [3.8, 4) is 0 Å². The minimum Gasteiger partial charge on any atom is -0.281 e. The van der Waals surface area contributed by atoms with E-state index >= 15 is 0 Å². The summed E-state index contributed by atoms with van der Waals surface area (Å²) in [6.07, 6.45) is 0.174. The van der Waals surface area contributed by atoms with Crippen LogP contribution in [0.2, 0.25) is 0 Å². The number of rotatable bonds is 7. The van der Waals surface area contributed by atoms with E-state index in [1.54, 1.807) is 0 Å². The smallest absolute Gasteiger partial charge is 0.281 e. The zero-order chi connectivity index (χ0) is 13.0. The van der Waals surface area contributed by atoms with Crippen LogP contribution < -0.4 is 0 Å². The Kier molecular flexibility index (Phi) is 5.18. The van der Waals surface area contributed by atoms with Crippen LogP contribution in [-0.2, 0) is 10.1 Å². The topological polar surface area (TPSA) is 54.4 Å². The van der Waals surface area contributed by atoms with Crippen LogP contribution in [0.5, 0.6) is 0 Å². The third-order valence-electron chi connectivity index (χ3n) is 2.09. The molecule has 3 nitrogen and oxygen atoms in total. The largest absolute Gasteiger partial charge is 0.431 e. The lowest BCUT2D eigenvalue weighted by molar-refractivity contribution is -0.164. The van der Waals surface area contributed by atoms with Gasteiger partial charge >= 0.3 is 21.3 Å². The first-order chi connectivity index (χ1) is 7.06. The van der Waals surface area contributed by atoms with Gasteiger partial charge in [-0.2, -0.15) is 26.0 Å². The SMILES string of the molecule is CCCCCCC(F)(F)C(F)(F)S(=O)(=O)O. The van der Waals surface area contributed by atoms with Crippen LogP contribution >= 0.6 is 0 Å². The van der Waals surface area contributed by atoms with E-state index in [0.29, 0.717) is 12.8 Å². The molecule has 0 aliphatic carbocycles. The second-order valence-corrected chi connectivity index (χ2v) is 4.97. The molecule has 0 spiro atoms. The molecular formula is C8H14F4O3S. The van der Waals surface area contributed by atoms with Crippen molar-refractivity contribution in [2.24, 2.45) is 0 Å². The molecule has 0 atom stereocenters. The average Bonchev–Trinajstić information content (AvgIpc) is 2.10. The number of hydrogen-bond acceptors (Lipinski definition) is 2. The monoisotopic (exact) mass is 266 g/mol. The standard InChI is InChI=1S/C8H14F4O3S/c1-2-3-4-5-6-7(9,10)8(11,12)16(13,14)15/h2-6H2,1H3,(H,13,14,15). The number of hydrogen-bond donors (Lipinski definition) is 1. The predicted octanol–water partition coefficient (Wildman–Crippen LogP) is 3.07. The van der Waals surface area contributed by atoms with Crippen LogP contribution in [0.25, 0.3) is 0 Å². The molecule has 0 rings (SSSR count). The van der Waals surface area contributed by atoms with Gasteiger partial charge in [-0.15, -0.1) is 0 Å². The fraction of sp³-hybridized carbons (Fsp3) is 1.00. The molecule has 0 saturated heterocycles. The summed E-state index contributed by atoms with van der Waals surface area (Å²) in [5.74, 6) is -4.74. The van der Waals surface area contributed by atoms with Gasteiger partial charge < -0.3 is 0 Å². The Morgan fingerprint density at radius 1 is 1.06 bits per heavy atom. The van der Waals surface area contributed by atoms with Gasteiger partial charge in [0.05, 0.1) is 0 Å². The average molecular weight is 266 g/mol. The highest BCUT2D eigenvalue weighted by atomic mass is 32.2. The van der Waals surface area contributed by atoms with Crippen LogP contribution in [0, 0.1) is 0 Å². The molecule has 0 radical (unpaired) electrons. The van der Waals surface area contributed by atoms with Crippen molar-refractivity contribution < 1.29 is 30.5 Å². The van der Waals surface area contributed by atoms with Gasteiger partial charge in [-0.25, -0.2) is 0 Å². The summed E-state index contributed by atoms with van der Waals surface area (Å²) in [6.45, 7) is 1.81. The molecule has 1 N–H and O–H groups in total. The lowest BCUT2D eigenvalue weighted by Crippen LogP contribution is -2.46. The van der Waals surface area contributed by atoms with Crippen LogP contribution in [0.1, 0.15) is 39.0 Å². The van der Waals surface area contributed by atoms with Gasteiger partial charge in [-0.1, -0.05) is 26.2 Å². The van der Waals surface area contributed by atoms with Crippen molar-refractivity contribution in [3.05, 3.63) is 0 Å². The molecule has 0 bridgehead atoms. The highest BCUT2D eigenvalue weighted by Crippen LogP contribution is 2.41. The Hall–Kier alpha value is -0.370. The molecule has 16 heavy (non-hydrogen) atoms. The summed E-state index contributed by atoms with van der Waals surface area (Å²) >= 11 is 0. The highest BCUT2D eigenvalue weighted by molar-refractivity contribution is 7.87. The second-order valence-electron chi connectivity index (χ2n) is 3.51. The molecule has 0 fully saturated rings. The van der Waals surface area contributed by atoms with Crippen molar-refractivity contribution in [1.82, 2.24) is 0 Å². The van der Waals surface area contributed by atoms with Crippen molar-refractivity contribution in [3.63, 3.8) is 0 Å². The van der Waals surface area contributed by atoms with E-state index in [2.05, 4.69) is 0 Å². The Labute approximate surface area is 91.6 Å². The highest BCUT2D eigenvalue weighted by Gasteiger charge is 2.64. The molecule has 0 aromatic heterocycles. The van der Waals surface area contributed by atoms with Crippen LogP contribution in [-0.4, -0.2) is 24.1 Å². The predicted molar refractivity (Wildman–Crippen MR) is 50.2 cm³/mol. The van der Waals surface area contributed by atoms with E-state index in [0.717, 1.165) is 6.42 Å². The minimum atomic E-state index is -6.09. The molecule has 8 heteroatoms. The molecule has 0 aliphatic heterocycles. The van der Waals surface area contributed by atoms with Crippen molar-refractivity contribution in [1.29, 1.82) is 0 Å². The van der Waals surface area contributed by atoms with Crippen LogP contribution in [0.3, 0.4) is 0 Å². The summed E-state index contributed by atoms with van der Waals surface area (Å²) in [6, 6.07) is 0. The zero-order valence-corrected chi connectivity index (χ0v) is 9.54. The van der Waals surface area contributed by atoms with Crippen molar-refractivity contribution in [2.75, 3.05) is 0 Å². The number of alkyl halides is 4. The van der Waals surface area contributed by atoms with Crippen molar-refractivity contribution >= 4 is 10.1 Å². The van der Waals surface area contributed by atoms with Gasteiger partial charge in [-0.05, 0) is 6.42 Å². The van der Waals surface area contributed by atoms with Gasteiger partial charge in [0.2, 0.25) is 0 Å². The summed E-state index contributed by atoms with van der Waals surface area (Å²) in [5, 5.41) is -5.42. The molecule has 0 saturated carbocycles. The van der Waals surface area contributed by atoms with Gasteiger partial charge in [0, 0.05) is 6.42 Å². The summed E-state index contributed by atoms with van der Waals surface area (Å²) < 4.78 is 79.2. The molecule has 0 aromatic carbocycles. The van der Waals surface area contributed by atoms with Gasteiger partial charge in [0.25, 0.3) is 0 Å². The third kappa shape index (κ3) is 3.58. The zero-order valence-electron chi connectivity index (χ0n) is 8.72. The summed E-state index contributed by atoms with van der Waals surface area (Å²) in [4.78, 5) is 0. The fourth-order valence-electron chi connectivity index (χ4n) is 1.11. The van der Waals surface area contributed by atoms with E-state index < -0.39 is 27.7 Å². The molecule has 0 aromatic rings. The minimum absolute atomic E-state index is 0.216. The first kappa shape index (κ1) is 15.6. The van der Waals surface area contributed by atoms with Gasteiger partial charge in [0.1, 0.15) is 0 Å². The van der Waals surface area contributed by atoms with E-state index in [9.17, 15) is 26.0 Å². The molecule has 0 aliphatic rings. The molecular weight excluding hydrogens is 252 g/mol. The van der Waals surface area contributed by atoms with E-state index in [-0.39, 0.29) is 6.42 Å².